The third-order valence-corrected chi connectivity index (χ3v) is 9.09. The molecule has 1 unspecified atom stereocenters. The topological polar surface area (TPSA) is 54.0 Å². The van der Waals surface area contributed by atoms with Crippen LogP contribution in [0.2, 0.25) is 5.02 Å². The molecule has 0 saturated carbocycles. The Hall–Kier alpha value is -3.55. The average molecular weight is 620 g/mol. The van der Waals surface area contributed by atoms with E-state index in [9.17, 15) is 9.18 Å². The maximum absolute atomic E-state index is 14.9. The monoisotopic (exact) mass is 619 g/mol. The average Bonchev–Trinajstić information content (AvgIpc) is 3.02. The van der Waals surface area contributed by atoms with Crippen LogP contribution in [-0.4, -0.2) is 47.4 Å². The van der Waals surface area contributed by atoms with E-state index in [0.717, 1.165) is 67.6 Å². The van der Waals surface area contributed by atoms with Gasteiger partial charge in [-0.1, -0.05) is 53.6 Å². The number of halogens is 2. The Bertz CT molecular complexity index is 1440. The molecule has 2 aliphatic heterocycles. The molecule has 2 aromatic rings. The molecule has 0 radical (unpaired) electrons. The lowest BCUT2D eigenvalue weighted by atomic mass is 9.99. The van der Waals surface area contributed by atoms with Crippen LogP contribution in [-0.2, 0) is 16.0 Å². The van der Waals surface area contributed by atoms with E-state index in [1.165, 1.54) is 11.6 Å². The van der Waals surface area contributed by atoms with Crippen LogP contribution in [0.25, 0.3) is 0 Å². The van der Waals surface area contributed by atoms with Gasteiger partial charge in [-0.15, -0.1) is 0 Å². The Kier molecular flexibility index (Phi) is 10.8. The van der Waals surface area contributed by atoms with Crippen LogP contribution in [0.15, 0.2) is 84.4 Å². The van der Waals surface area contributed by atoms with E-state index in [-0.39, 0.29) is 17.8 Å². The number of amides is 1. The molecule has 8 heteroatoms. The summed E-state index contributed by atoms with van der Waals surface area (Å²) in [7, 11) is 0. The molecule has 3 aliphatic rings. The molecule has 1 N–H and O–H groups in total. The SMILES string of the molecule is Cc1cccc(C)c1C(=O)NCCC(C)N1CCC(N(Cc2cc(Cl)ccc2F)C2=COC=C(CC3=CC=CCC3)O2)CC1. The van der Waals surface area contributed by atoms with Crippen LogP contribution in [0, 0.1) is 19.7 Å². The van der Waals surface area contributed by atoms with Gasteiger partial charge in [0.25, 0.3) is 5.91 Å². The molecule has 1 aliphatic carbocycles. The van der Waals surface area contributed by atoms with Gasteiger partial charge in [-0.3, -0.25) is 4.79 Å². The normalized spacial score (nSPS) is 18.0. The van der Waals surface area contributed by atoms with Crippen molar-refractivity contribution in [3.63, 3.8) is 0 Å². The molecule has 234 valence electrons. The fourth-order valence-corrected chi connectivity index (χ4v) is 6.48. The fraction of sp³-hybridized carbons (Fsp3) is 0.417. The first-order valence-corrected chi connectivity index (χ1v) is 16.0. The van der Waals surface area contributed by atoms with Crippen molar-refractivity contribution in [1.29, 1.82) is 0 Å². The molecule has 1 fully saturated rings. The molecule has 5 rings (SSSR count). The van der Waals surface area contributed by atoms with Gasteiger partial charge >= 0.3 is 0 Å². The molecule has 0 spiro atoms. The highest BCUT2D eigenvalue weighted by Crippen LogP contribution is 2.31. The maximum atomic E-state index is 14.9. The van der Waals surface area contributed by atoms with E-state index in [2.05, 4.69) is 40.3 Å². The number of nitrogens with one attached hydrogen (secondary N) is 1. The van der Waals surface area contributed by atoms with Crippen LogP contribution in [0.3, 0.4) is 0 Å². The predicted molar refractivity (Wildman–Crippen MR) is 173 cm³/mol. The number of carbonyl (C=O) groups is 1. The molecule has 1 amide bonds. The number of carbonyl (C=O) groups excluding carboxylic acids is 1. The third kappa shape index (κ3) is 8.13. The molecule has 2 heterocycles. The molecular formula is C36H43ClFN3O3. The maximum Gasteiger partial charge on any atom is 0.251 e. The molecule has 44 heavy (non-hydrogen) atoms. The summed E-state index contributed by atoms with van der Waals surface area (Å²) < 4.78 is 27.1. The van der Waals surface area contributed by atoms with Crippen molar-refractivity contribution in [3.05, 3.63) is 117 Å². The molecule has 0 bridgehead atoms. The summed E-state index contributed by atoms with van der Waals surface area (Å²) in [4.78, 5) is 17.4. The lowest BCUT2D eigenvalue weighted by Gasteiger charge is -2.42. The number of nitrogens with zero attached hydrogens (tertiary/aromatic N) is 2. The summed E-state index contributed by atoms with van der Waals surface area (Å²) in [5, 5.41) is 3.62. The Balaban J connectivity index is 1.20. The van der Waals surface area contributed by atoms with Crippen molar-refractivity contribution in [1.82, 2.24) is 15.1 Å². The first kappa shape index (κ1) is 31.9. The summed E-state index contributed by atoms with van der Waals surface area (Å²) in [6, 6.07) is 11.0. The first-order valence-electron chi connectivity index (χ1n) is 15.6. The fourth-order valence-electron chi connectivity index (χ4n) is 6.29. The van der Waals surface area contributed by atoms with Crippen molar-refractivity contribution < 1.29 is 18.7 Å². The van der Waals surface area contributed by atoms with Gasteiger partial charge in [-0.05, 0) is 82.2 Å². The second kappa shape index (κ2) is 15.0. The first-order chi connectivity index (χ1) is 21.3. The van der Waals surface area contributed by atoms with Gasteiger partial charge in [0, 0.05) is 60.8 Å². The summed E-state index contributed by atoms with van der Waals surface area (Å²) in [6.07, 6.45) is 15.0. The standard InChI is InChI=1S/C36H43ClFN3O3/c1-25-8-7-9-26(2)35(25)36(42)39-17-14-27(3)40-18-15-31(16-19-40)41(22-29-21-30(37)12-13-33(29)38)34-24-43-23-32(44-34)20-28-10-5-4-6-11-28/h4-5,7-10,12-13,21,23-24,27,31H,6,11,14-20,22H2,1-3H3,(H,39,42). The Labute approximate surface area is 265 Å². The van der Waals surface area contributed by atoms with E-state index in [1.54, 1.807) is 24.7 Å². The van der Waals surface area contributed by atoms with Crippen LogP contribution < -0.4 is 5.32 Å². The van der Waals surface area contributed by atoms with Crippen molar-refractivity contribution >= 4 is 17.5 Å². The van der Waals surface area contributed by atoms with Gasteiger partial charge in [-0.25, -0.2) is 4.39 Å². The van der Waals surface area contributed by atoms with Crippen LogP contribution in [0.1, 0.15) is 72.5 Å². The van der Waals surface area contributed by atoms with Crippen molar-refractivity contribution in [3.8, 4) is 0 Å². The van der Waals surface area contributed by atoms with Gasteiger partial charge in [0.2, 0.25) is 5.88 Å². The van der Waals surface area contributed by atoms with Crippen LogP contribution in [0.4, 0.5) is 4.39 Å². The Morgan fingerprint density at radius 3 is 2.66 bits per heavy atom. The van der Waals surface area contributed by atoms with Gasteiger partial charge in [0.1, 0.15) is 17.8 Å². The Morgan fingerprint density at radius 1 is 1.16 bits per heavy atom. The van der Waals surface area contributed by atoms with Gasteiger partial charge < -0.3 is 24.6 Å². The van der Waals surface area contributed by atoms with E-state index in [4.69, 9.17) is 21.1 Å². The molecular weight excluding hydrogens is 577 g/mol. The van der Waals surface area contributed by atoms with Gasteiger partial charge in [0.05, 0.1) is 0 Å². The smallest absolute Gasteiger partial charge is 0.251 e. The number of piperidine rings is 1. The lowest BCUT2D eigenvalue weighted by Crippen LogP contribution is -2.48. The van der Waals surface area contributed by atoms with Crippen molar-refractivity contribution in [2.75, 3.05) is 19.6 Å². The number of aryl methyl sites for hydroxylation is 2. The highest BCUT2D eigenvalue weighted by atomic mass is 35.5. The number of allylic oxidation sites excluding steroid dienone is 4. The molecule has 2 aromatic carbocycles. The van der Waals surface area contributed by atoms with E-state index in [0.29, 0.717) is 42.0 Å². The van der Waals surface area contributed by atoms with E-state index >= 15 is 0 Å². The van der Waals surface area contributed by atoms with Gasteiger partial charge in [-0.2, -0.15) is 0 Å². The van der Waals surface area contributed by atoms with Crippen LogP contribution in [0.5, 0.6) is 0 Å². The van der Waals surface area contributed by atoms with E-state index < -0.39 is 0 Å². The Morgan fingerprint density at radius 2 is 1.93 bits per heavy atom. The second-order valence-corrected chi connectivity index (χ2v) is 12.5. The largest absolute Gasteiger partial charge is 0.464 e. The number of rotatable bonds is 11. The zero-order valence-electron chi connectivity index (χ0n) is 26.0. The third-order valence-electron chi connectivity index (χ3n) is 8.86. The summed E-state index contributed by atoms with van der Waals surface area (Å²) in [5.74, 6) is 1.04. The second-order valence-electron chi connectivity index (χ2n) is 12.0. The number of benzene rings is 2. The highest BCUT2D eigenvalue weighted by Gasteiger charge is 2.31. The van der Waals surface area contributed by atoms with Crippen molar-refractivity contribution in [2.24, 2.45) is 0 Å². The minimum atomic E-state index is -0.291. The lowest BCUT2D eigenvalue weighted by molar-refractivity contribution is 0.0445. The minimum absolute atomic E-state index is 0.0111. The minimum Gasteiger partial charge on any atom is -0.464 e. The van der Waals surface area contributed by atoms with Crippen LogP contribution >= 0.6 is 11.6 Å². The van der Waals surface area contributed by atoms with Gasteiger partial charge in [0.15, 0.2) is 6.26 Å². The number of hydrogen-bond donors (Lipinski definition) is 1. The summed E-state index contributed by atoms with van der Waals surface area (Å²) >= 11 is 6.26. The zero-order chi connectivity index (χ0) is 31.1. The molecule has 1 saturated heterocycles. The number of hydrogen-bond acceptors (Lipinski definition) is 5. The zero-order valence-corrected chi connectivity index (χ0v) is 26.7. The quantitative estimate of drug-likeness (QED) is 0.277. The molecule has 0 aromatic heterocycles. The number of ether oxygens (including phenoxy) is 2. The highest BCUT2D eigenvalue weighted by molar-refractivity contribution is 6.30. The summed E-state index contributed by atoms with van der Waals surface area (Å²) in [6.45, 7) is 8.89. The van der Waals surface area contributed by atoms with E-state index in [1.807, 2.05) is 32.0 Å². The summed E-state index contributed by atoms with van der Waals surface area (Å²) in [5.41, 5.74) is 4.57. The molecule has 1 atom stereocenters. The van der Waals surface area contributed by atoms with Crippen molar-refractivity contribution in [2.45, 2.75) is 77.9 Å². The predicted octanol–water partition coefficient (Wildman–Crippen LogP) is 7.92. The number of likely N-dealkylation sites (tertiary alicyclic amines) is 1. The molecule has 6 nitrogen and oxygen atoms in total.